The molecular formula is C17H31N3. The zero-order valence-corrected chi connectivity index (χ0v) is 14.1. The first kappa shape index (κ1) is 17.1. The highest BCUT2D eigenvalue weighted by Gasteiger charge is 2.12. The fourth-order valence-electron chi connectivity index (χ4n) is 2.45. The predicted octanol–water partition coefficient (Wildman–Crippen LogP) is 3.47. The second-order valence-corrected chi connectivity index (χ2v) is 6.34. The number of aryl methyl sites for hydroxylation is 3. The number of nitrogens with zero attached hydrogens (tertiary/aromatic N) is 2. The van der Waals surface area contributed by atoms with Crippen molar-refractivity contribution in [2.24, 2.45) is 11.8 Å². The van der Waals surface area contributed by atoms with E-state index in [1.54, 1.807) is 0 Å². The lowest BCUT2D eigenvalue weighted by molar-refractivity contribution is 0.516. The van der Waals surface area contributed by atoms with E-state index in [9.17, 15) is 0 Å². The van der Waals surface area contributed by atoms with Gasteiger partial charge in [0.2, 0.25) is 0 Å². The van der Waals surface area contributed by atoms with Gasteiger partial charge in [0.15, 0.2) is 0 Å². The van der Waals surface area contributed by atoms with Gasteiger partial charge >= 0.3 is 0 Å². The highest BCUT2D eigenvalue weighted by atomic mass is 14.9. The minimum absolute atomic E-state index is 0.623. The molecule has 0 aliphatic carbocycles. The maximum absolute atomic E-state index is 4.71. The molecule has 1 atom stereocenters. The first-order valence-electron chi connectivity index (χ1n) is 7.97. The van der Waals surface area contributed by atoms with Crippen LogP contribution in [0.2, 0.25) is 0 Å². The molecule has 0 radical (unpaired) electrons. The normalized spacial score (nSPS) is 12.9. The van der Waals surface area contributed by atoms with Crippen molar-refractivity contribution >= 4 is 0 Å². The van der Waals surface area contributed by atoms with Crippen molar-refractivity contribution in [1.29, 1.82) is 0 Å². The summed E-state index contributed by atoms with van der Waals surface area (Å²) in [6.07, 6.45) is 3.22. The van der Waals surface area contributed by atoms with Crippen molar-refractivity contribution in [3.8, 4) is 0 Å². The van der Waals surface area contributed by atoms with E-state index in [4.69, 9.17) is 9.97 Å². The van der Waals surface area contributed by atoms with Gasteiger partial charge < -0.3 is 5.32 Å². The molecule has 1 rings (SSSR count). The monoisotopic (exact) mass is 277 g/mol. The van der Waals surface area contributed by atoms with E-state index in [-0.39, 0.29) is 0 Å². The molecule has 0 aliphatic heterocycles. The Morgan fingerprint density at radius 1 is 1.05 bits per heavy atom. The number of rotatable bonds is 8. The third-order valence-electron chi connectivity index (χ3n) is 3.71. The van der Waals surface area contributed by atoms with Gasteiger partial charge in [-0.15, -0.1) is 0 Å². The Labute approximate surface area is 124 Å². The molecule has 1 unspecified atom stereocenters. The van der Waals surface area contributed by atoms with Gasteiger partial charge in [-0.25, -0.2) is 9.97 Å². The summed E-state index contributed by atoms with van der Waals surface area (Å²) >= 11 is 0. The first-order chi connectivity index (χ1) is 9.43. The van der Waals surface area contributed by atoms with E-state index >= 15 is 0 Å². The van der Waals surface area contributed by atoms with Crippen LogP contribution in [0.4, 0.5) is 0 Å². The van der Waals surface area contributed by atoms with Gasteiger partial charge in [-0.3, -0.25) is 0 Å². The Morgan fingerprint density at radius 3 is 2.15 bits per heavy atom. The average Bonchev–Trinajstić information content (AvgIpc) is 2.38. The molecule has 0 fully saturated rings. The first-order valence-corrected chi connectivity index (χ1v) is 7.97. The second kappa shape index (κ2) is 8.35. The maximum Gasteiger partial charge on any atom is 0.128 e. The quantitative estimate of drug-likeness (QED) is 0.790. The van der Waals surface area contributed by atoms with Crippen molar-refractivity contribution < 1.29 is 0 Å². The number of nitrogens with one attached hydrogen (secondary N) is 1. The summed E-state index contributed by atoms with van der Waals surface area (Å²) in [4.78, 5) is 9.42. The van der Waals surface area contributed by atoms with E-state index in [1.165, 1.54) is 17.0 Å². The molecule has 3 heteroatoms. The fraction of sp³-hybridized carbons (Fsp3) is 0.765. The van der Waals surface area contributed by atoms with Crippen molar-refractivity contribution in [1.82, 2.24) is 15.3 Å². The molecular weight excluding hydrogens is 246 g/mol. The summed E-state index contributed by atoms with van der Waals surface area (Å²) in [5.74, 6) is 2.34. The van der Waals surface area contributed by atoms with Gasteiger partial charge in [-0.1, -0.05) is 27.7 Å². The lowest BCUT2D eigenvalue weighted by Gasteiger charge is -2.16. The predicted molar refractivity (Wildman–Crippen MR) is 86.1 cm³/mol. The van der Waals surface area contributed by atoms with E-state index in [2.05, 4.69) is 46.9 Å². The highest BCUT2D eigenvalue weighted by Crippen LogP contribution is 2.16. The lowest BCUT2D eigenvalue weighted by Crippen LogP contribution is -2.22. The number of hydrogen-bond donors (Lipinski definition) is 1. The lowest BCUT2D eigenvalue weighted by atomic mass is 9.98. The summed E-state index contributed by atoms with van der Waals surface area (Å²) in [5.41, 5.74) is 3.67. The van der Waals surface area contributed by atoms with E-state index < -0.39 is 0 Å². The van der Waals surface area contributed by atoms with Gasteiger partial charge in [-0.2, -0.15) is 0 Å². The molecule has 0 spiro atoms. The van der Waals surface area contributed by atoms with E-state index in [1.807, 2.05) is 0 Å². The van der Waals surface area contributed by atoms with Crippen LogP contribution in [0.3, 0.4) is 0 Å². The molecule has 0 amide bonds. The molecule has 3 nitrogen and oxygen atoms in total. The van der Waals surface area contributed by atoms with Crippen LogP contribution in [0, 0.1) is 25.7 Å². The standard InChI is InChI=1S/C17H31N3/c1-7-18-11-13(4)10-16-14(5)19-17(20-15(16)6)9-8-12(2)3/h12-13,18H,7-11H2,1-6H3. The number of aromatic nitrogens is 2. The summed E-state index contributed by atoms with van der Waals surface area (Å²) in [6.45, 7) is 15.3. The van der Waals surface area contributed by atoms with Crippen LogP contribution in [0.5, 0.6) is 0 Å². The zero-order chi connectivity index (χ0) is 15.1. The molecule has 1 N–H and O–H groups in total. The fourth-order valence-corrected chi connectivity index (χ4v) is 2.45. The van der Waals surface area contributed by atoms with Crippen molar-refractivity contribution in [2.45, 2.75) is 60.8 Å². The molecule has 1 aromatic rings. The van der Waals surface area contributed by atoms with Crippen molar-refractivity contribution in [2.75, 3.05) is 13.1 Å². The molecule has 0 saturated heterocycles. The summed E-state index contributed by atoms with van der Waals surface area (Å²) in [5, 5.41) is 3.41. The summed E-state index contributed by atoms with van der Waals surface area (Å²) in [6, 6.07) is 0. The SMILES string of the molecule is CCNCC(C)Cc1c(C)nc(CCC(C)C)nc1C. The molecule has 1 aromatic heterocycles. The Morgan fingerprint density at radius 2 is 1.65 bits per heavy atom. The third kappa shape index (κ3) is 5.58. The Balaban J connectivity index is 2.73. The van der Waals surface area contributed by atoms with Gasteiger partial charge in [0.05, 0.1) is 0 Å². The average molecular weight is 277 g/mol. The summed E-state index contributed by atoms with van der Waals surface area (Å²) < 4.78 is 0. The van der Waals surface area contributed by atoms with Gasteiger partial charge in [0.25, 0.3) is 0 Å². The van der Waals surface area contributed by atoms with Crippen LogP contribution in [0.1, 0.15) is 56.9 Å². The minimum Gasteiger partial charge on any atom is -0.317 e. The van der Waals surface area contributed by atoms with Gasteiger partial charge in [-0.05, 0) is 57.2 Å². The smallest absolute Gasteiger partial charge is 0.128 e. The Hall–Kier alpha value is -0.960. The molecule has 0 aliphatic rings. The van der Waals surface area contributed by atoms with Crippen LogP contribution in [-0.2, 0) is 12.8 Å². The minimum atomic E-state index is 0.623. The van der Waals surface area contributed by atoms with E-state index in [0.717, 1.165) is 38.2 Å². The van der Waals surface area contributed by atoms with Gasteiger partial charge in [0, 0.05) is 17.8 Å². The maximum atomic E-state index is 4.71. The molecule has 0 aromatic carbocycles. The van der Waals surface area contributed by atoms with Gasteiger partial charge in [0.1, 0.15) is 5.82 Å². The second-order valence-electron chi connectivity index (χ2n) is 6.34. The zero-order valence-electron chi connectivity index (χ0n) is 14.1. The van der Waals surface area contributed by atoms with Crippen LogP contribution in [0.15, 0.2) is 0 Å². The Bertz CT molecular complexity index is 390. The van der Waals surface area contributed by atoms with Crippen LogP contribution in [0.25, 0.3) is 0 Å². The molecule has 0 bridgehead atoms. The van der Waals surface area contributed by atoms with Crippen LogP contribution < -0.4 is 5.32 Å². The molecule has 0 saturated carbocycles. The van der Waals surface area contributed by atoms with E-state index in [0.29, 0.717) is 11.8 Å². The molecule has 20 heavy (non-hydrogen) atoms. The number of hydrogen-bond acceptors (Lipinski definition) is 3. The highest BCUT2D eigenvalue weighted by molar-refractivity contribution is 5.25. The summed E-state index contributed by atoms with van der Waals surface area (Å²) in [7, 11) is 0. The Kier molecular flexibility index (Phi) is 7.14. The molecule has 114 valence electrons. The van der Waals surface area contributed by atoms with Crippen LogP contribution >= 0.6 is 0 Å². The largest absolute Gasteiger partial charge is 0.317 e. The third-order valence-corrected chi connectivity index (χ3v) is 3.71. The topological polar surface area (TPSA) is 37.8 Å². The van der Waals surface area contributed by atoms with Crippen molar-refractivity contribution in [3.05, 3.63) is 22.8 Å². The molecule has 1 heterocycles. The van der Waals surface area contributed by atoms with Crippen molar-refractivity contribution in [3.63, 3.8) is 0 Å². The van der Waals surface area contributed by atoms with Crippen LogP contribution in [-0.4, -0.2) is 23.1 Å².